The third-order valence-electron chi connectivity index (χ3n) is 4.23. The van der Waals surface area contributed by atoms with E-state index in [0.29, 0.717) is 19.3 Å². The topological polar surface area (TPSA) is 94.8 Å². The van der Waals surface area contributed by atoms with Crippen molar-refractivity contribution in [1.82, 2.24) is 0 Å². The van der Waals surface area contributed by atoms with Crippen LogP contribution in [0.25, 0.3) is 0 Å². The number of aliphatic hydroxyl groups is 2. The van der Waals surface area contributed by atoms with Gasteiger partial charge in [-0.15, -0.1) is 0 Å². The average Bonchev–Trinajstić information content (AvgIpc) is 2.56. The zero-order valence-corrected chi connectivity index (χ0v) is 15.1. The summed E-state index contributed by atoms with van der Waals surface area (Å²) < 4.78 is 0. The first-order chi connectivity index (χ1) is 11.4. The SMILES string of the molecule is CCCCCCCCCC(O)C(O)C(=O)/C=C\CCC(C)C(=O)O. The Morgan fingerprint density at radius 1 is 0.958 bits per heavy atom. The molecule has 0 aliphatic rings. The van der Waals surface area contributed by atoms with Crippen molar-refractivity contribution in [2.24, 2.45) is 5.92 Å². The number of carboxylic acid groups (broad SMARTS) is 1. The van der Waals surface area contributed by atoms with Gasteiger partial charge in [0.1, 0.15) is 6.10 Å². The predicted molar refractivity (Wildman–Crippen MR) is 94.8 cm³/mol. The molecule has 3 atom stereocenters. The second kappa shape index (κ2) is 14.2. The summed E-state index contributed by atoms with van der Waals surface area (Å²) in [6.45, 7) is 3.79. The van der Waals surface area contributed by atoms with Crippen molar-refractivity contribution < 1.29 is 24.9 Å². The van der Waals surface area contributed by atoms with Crippen LogP contribution in [0.1, 0.15) is 78.1 Å². The lowest BCUT2D eigenvalue weighted by Gasteiger charge is -2.15. The molecule has 0 rings (SSSR count). The number of ketones is 1. The van der Waals surface area contributed by atoms with Crippen LogP contribution < -0.4 is 0 Å². The number of hydrogen-bond acceptors (Lipinski definition) is 4. The summed E-state index contributed by atoms with van der Waals surface area (Å²) in [4.78, 5) is 22.4. The van der Waals surface area contributed by atoms with Gasteiger partial charge in [0.05, 0.1) is 12.0 Å². The van der Waals surface area contributed by atoms with Crippen molar-refractivity contribution in [3.63, 3.8) is 0 Å². The Morgan fingerprint density at radius 3 is 2.12 bits per heavy atom. The first-order valence-corrected chi connectivity index (χ1v) is 9.19. The van der Waals surface area contributed by atoms with E-state index in [9.17, 15) is 19.8 Å². The molecular weight excluding hydrogens is 308 g/mol. The Balaban J connectivity index is 3.87. The average molecular weight is 342 g/mol. The van der Waals surface area contributed by atoms with E-state index in [1.54, 1.807) is 13.0 Å². The van der Waals surface area contributed by atoms with Gasteiger partial charge in [0, 0.05) is 0 Å². The lowest BCUT2D eigenvalue weighted by Crippen LogP contribution is -2.32. The highest BCUT2D eigenvalue weighted by Crippen LogP contribution is 2.12. The molecule has 0 heterocycles. The van der Waals surface area contributed by atoms with Gasteiger partial charge in [0.25, 0.3) is 0 Å². The molecule has 0 aromatic carbocycles. The van der Waals surface area contributed by atoms with Gasteiger partial charge in [-0.3, -0.25) is 9.59 Å². The molecule has 5 nitrogen and oxygen atoms in total. The molecule has 5 heteroatoms. The maximum atomic E-state index is 11.8. The third kappa shape index (κ3) is 11.4. The number of rotatable bonds is 15. The minimum Gasteiger partial charge on any atom is -0.481 e. The van der Waals surface area contributed by atoms with Crippen LogP contribution in [-0.2, 0) is 9.59 Å². The highest BCUT2D eigenvalue weighted by Gasteiger charge is 2.21. The number of carbonyl (C=O) groups is 2. The quantitative estimate of drug-likeness (QED) is 0.313. The van der Waals surface area contributed by atoms with Crippen molar-refractivity contribution in [2.45, 2.75) is 90.3 Å². The summed E-state index contributed by atoms with van der Waals surface area (Å²) in [5, 5.41) is 28.4. The van der Waals surface area contributed by atoms with E-state index in [4.69, 9.17) is 5.11 Å². The molecule has 3 N–H and O–H groups in total. The minimum absolute atomic E-state index is 0.421. The zero-order valence-electron chi connectivity index (χ0n) is 15.1. The van der Waals surface area contributed by atoms with Crippen molar-refractivity contribution in [1.29, 1.82) is 0 Å². The van der Waals surface area contributed by atoms with Crippen molar-refractivity contribution in [3.05, 3.63) is 12.2 Å². The molecule has 0 saturated heterocycles. The number of aliphatic carboxylic acids is 1. The Kier molecular flexibility index (Phi) is 13.5. The first-order valence-electron chi connectivity index (χ1n) is 9.19. The lowest BCUT2D eigenvalue weighted by atomic mass is 10.0. The van der Waals surface area contributed by atoms with E-state index in [-0.39, 0.29) is 0 Å². The van der Waals surface area contributed by atoms with E-state index >= 15 is 0 Å². The fourth-order valence-corrected chi connectivity index (χ4v) is 2.43. The van der Waals surface area contributed by atoms with Crippen LogP contribution in [0.15, 0.2) is 12.2 Å². The Bertz CT molecular complexity index is 378. The predicted octanol–water partition coefficient (Wildman–Crippen LogP) is 3.48. The van der Waals surface area contributed by atoms with Crippen LogP contribution in [-0.4, -0.2) is 39.3 Å². The number of aliphatic hydroxyl groups excluding tert-OH is 2. The van der Waals surface area contributed by atoms with E-state index in [1.807, 2.05) is 0 Å². The molecule has 24 heavy (non-hydrogen) atoms. The molecule has 0 amide bonds. The van der Waals surface area contributed by atoms with Gasteiger partial charge in [-0.25, -0.2) is 0 Å². The highest BCUT2D eigenvalue weighted by atomic mass is 16.4. The fourth-order valence-electron chi connectivity index (χ4n) is 2.43. The van der Waals surface area contributed by atoms with Crippen molar-refractivity contribution >= 4 is 11.8 Å². The smallest absolute Gasteiger partial charge is 0.306 e. The van der Waals surface area contributed by atoms with Gasteiger partial charge < -0.3 is 15.3 Å². The van der Waals surface area contributed by atoms with Gasteiger partial charge in [0.2, 0.25) is 0 Å². The van der Waals surface area contributed by atoms with Crippen LogP contribution in [0.5, 0.6) is 0 Å². The molecule has 0 aromatic rings. The van der Waals surface area contributed by atoms with Gasteiger partial charge in [-0.05, 0) is 25.3 Å². The molecule has 0 bridgehead atoms. The molecule has 0 fully saturated rings. The normalized spacial score (nSPS) is 15.3. The summed E-state index contributed by atoms with van der Waals surface area (Å²) in [6, 6.07) is 0. The molecule has 0 radical (unpaired) electrons. The molecule has 0 saturated carbocycles. The molecule has 0 spiro atoms. The summed E-state index contributed by atoms with van der Waals surface area (Å²) in [7, 11) is 0. The Hall–Kier alpha value is -1.20. The summed E-state index contributed by atoms with van der Waals surface area (Å²) in [5.74, 6) is -1.84. The van der Waals surface area contributed by atoms with Gasteiger partial charge in [0.15, 0.2) is 5.78 Å². The Labute approximate surface area is 145 Å². The lowest BCUT2D eigenvalue weighted by molar-refractivity contribution is -0.141. The maximum Gasteiger partial charge on any atom is 0.306 e. The summed E-state index contributed by atoms with van der Waals surface area (Å²) in [6.07, 6.45) is 9.55. The largest absolute Gasteiger partial charge is 0.481 e. The molecule has 3 unspecified atom stereocenters. The molecule has 0 aliphatic heterocycles. The molecular formula is C19H34O5. The first kappa shape index (κ1) is 22.8. The van der Waals surface area contributed by atoms with E-state index in [2.05, 4.69) is 6.92 Å². The van der Waals surface area contributed by atoms with E-state index in [0.717, 1.165) is 19.3 Å². The summed E-state index contributed by atoms with van der Waals surface area (Å²) in [5.41, 5.74) is 0. The number of allylic oxidation sites excluding steroid dienone is 1. The zero-order chi connectivity index (χ0) is 18.4. The van der Waals surface area contributed by atoms with Crippen molar-refractivity contribution in [3.8, 4) is 0 Å². The van der Waals surface area contributed by atoms with Gasteiger partial charge in [-0.2, -0.15) is 0 Å². The number of carboxylic acids is 1. The van der Waals surface area contributed by atoms with Crippen LogP contribution >= 0.6 is 0 Å². The number of unbranched alkanes of at least 4 members (excludes halogenated alkanes) is 6. The number of hydrogen-bond donors (Lipinski definition) is 3. The van der Waals surface area contributed by atoms with E-state index < -0.39 is 29.9 Å². The van der Waals surface area contributed by atoms with Crippen LogP contribution in [0, 0.1) is 5.92 Å². The standard InChI is InChI=1S/C19H34O5/c1-3-4-5-6-7-8-9-13-16(20)18(22)17(21)14-11-10-12-15(2)19(23)24/h11,14-16,18,20,22H,3-10,12-13H2,1-2H3,(H,23,24)/b14-11-. The third-order valence-corrected chi connectivity index (χ3v) is 4.23. The minimum atomic E-state index is -1.39. The molecule has 140 valence electrons. The second-order valence-electron chi connectivity index (χ2n) is 6.54. The molecule has 0 aromatic heterocycles. The fraction of sp³-hybridized carbons (Fsp3) is 0.789. The maximum absolute atomic E-state index is 11.8. The highest BCUT2D eigenvalue weighted by molar-refractivity contribution is 5.93. The monoisotopic (exact) mass is 342 g/mol. The van der Waals surface area contributed by atoms with Crippen LogP contribution in [0.2, 0.25) is 0 Å². The second-order valence-corrected chi connectivity index (χ2v) is 6.54. The van der Waals surface area contributed by atoms with Crippen LogP contribution in [0.3, 0.4) is 0 Å². The van der Waals surface area contributed by atoms with E-state index in [1.165, 1.54) is 31.8 Å². The Morgan fingerprint density at radius 2 is 1.54 bits per heavy atom. The summed E-state index contributed by atoms with van der Waals surface area (Å²) >= 11 is 0. The van der Waals surface area contributed by atoms with Crippen LogP contribution in [0.4, 0.5) is 0 Å². The van der Waals surface area contributed by atoms with Gasteiger partial charge >= 0.3 is 5.97 Å². The molecule has 0 aliphatic carbocycles. The van der Waals surface area contributed by atoms with Gasteiger partial charge in [-0.1, -0.05) is 64.9 Å². The number of carbonyl (C=O) groups excluding carboxylic acids is 1. The van der Waals surface area contributed by atoms with Crippen molar-refractivity contribution in [2.75, 3.05) is 0 Å².